The molecule has 1 aliphatic rings. The van der Waals surface area contributed by atoms with Gasteiger partial charge >= 0.3 is 0 Å². The van der Waals surface area contributed by atoms with Crippen LogP contribution in [0.2, 0.25) is 0 Å². The Balaban J connectivity index is 1.73. The average Bonchev–Trinajstić information content (AvgIpc) is 2.95. The monoisotopic (exact) mass is 284 g/mol. The molecule has 4 heteroatoms. The summed E-state index contributed by atoms with van der Waals surface area (Å²) >= 11 is 0. The number of fused-ring (bicyclic) bond motifs is 1. The molecule has 0 bridgehead atoms. The highest BCUT2D eigenvalue weighted by molar-refractivity contribution is 5.78. The molecule has 1 atom stereocenters. The molecule has 1 saturated heterocycles. The van der Waals surface area contributed by atoms with Crippen LogP contribution in [0, 0.1) is 5.92 Å². The molecule has 3 rings (SSSR count). The first-order chi connectivity index (χ1) is 10.2. The van der Waals surface area contributed by atoms with Crippen molar-refractivity contribution in [2.24, 2.45) is 5.92 Å². The molecule has 0 amide bonds. The van der Waals surface area contributed by atoms with E-state index in [0.29, 0.717) is 12.0 Å². The Bertz CT molecular complexity index is 596. The van der Waals surface area contributed by atoms with Gasteiger partial charge in [0.25, 0.3) is 0 Å². The van der Waals surface area contributed by atoms with E-state index < -0.39 is 0 Å². The standard InChI is InChI=1S/C17H24N4/c1-13(2)10-18-12-15-7-5-9-21(15)17-19-11-14-6-3-4-8-16(14)20-17/h3-4,6,8,11,13,15,18H,5,7,9-10,12H2,1-2H3. The van der Waals surface area contributed by atoms with E-state index in [1.54, 1.807) is 0 Å². The third kappa shape index (κ3) is 3.32. The molecular formula is C17H24N4. The molecule has 0 spiro atoms. The van der Waals surface area contributed by atoms with Crippen LogP contribution in [0.25, 0.3) is 10.9 Å². The van der Waals surface area contributed by atoms with Gasteiger partial charge in [0, 0.05) is 30.7 Å². The molecule has 21 heavy (non-hydrogen) atoms. The molecule has 1 fully saturated rings. The lowest BCUT2D eigenvalue weighted by Crippen LogP contribution is -2.39. The Hall–Kier alpha value is -1.68. The van der Waals surface area contributed by atoms with Gasteiger partial charge in [-0.3, -0.25) is 0 Å². The molecule has 2 aromatic rings. The topological polar surface area (TPSA) is 41.0 Å². The quantitative estimate of drug-likeness (QED) is 0.916. The van der Waals surface area contributed by atoms with Gasteiger partial charge in [-0.25, -0.2) is 9.97 Å². The summed E-state index contributed by atoms with van der Waals surface area (Å²) < 4.78 is 0. The number of benzene rings is 1. The summed E-state index contributed by atoms with van der Waals surface area (Å²) in [6.07, 6.45) is 4.39. The number of hydrogen-bond donors (Lipinski definition) is 1. The summed E-state index contributed by atoms with van der Waals surface area (Å²) in [6.45, 7) is 7.64. The first-order valence-corrected chi connectivity index (χ1v) is 7.93. The van der Waals surface area contributed by atoms with Gasteiger partial charge in [0.15, 0.2) is 0 Å². The number of aromatic nitrogens is 2. The van der Waals surface area contributed by atoms with Crippen LogP contribution >= 0.6 is 0 Å². The van der Waals surface area contributed by atoms with Gasteiger partial charge in [0.1, 0.15) is 0 Å². The van der Waals surface area contributed by atoms with Gasteiger partial charge in [-0.15, -0.1) is 0 Å². The van der Waals surface area contributed by atoms with Gasteiger partial charge in [0.2, 0.25) is 5.95 Å². The number of nitrogens with zero attached hydrogens (tertiary/aromatic N) is 3. The van der Waals surface area contributed by atoms with Crippen LogP contribution in [-0.4, -0.2) is 35.6 Å². The minimum Gasteiger partial charge on any atom is -0.337 e. The van der Waals surface area contributed by atoms with Crippen molar-refractivity contribution in [2.75, 3.05) is 24.5 Å². The van der Waals surface area contributed by atoms with E-state index in [4.69, 9.17) is 4.98 Å². The number of nitrogens with one attached hydrogen (secondary N) is 1. The Kier molecular flexibility index (Phi) is 4.34. The number of rotatable bonds is 5. The normalized spacial score (nSPS) is 18.8. The molecule has 2 heterocycles. The van der Waals surface area contributed by atoms with Crippen LogP contribution in [0.4, 0.5) is 5.95 Å². The highest BCUT2D eigenvalue weighted by Gasteiger charge is 2.26. The van der Waals surface area contributed by atoms with E-state index in [9.17, 15) is 0 Å². The average molecular weight is 284 g/mol. The Labute approximate surface area is 126 Å². The smallest absolute Gasteiger partial charge is 0.226 e. The number of para-hydroxylation sites is 1. The van der Waals surface area contributed by atoms with Crippen molar-refractivity contribution < 1.29 is 0 Å². The Morgan fingerprint density at radius 3 is 3.05 bits per heavy atom. The van der Waals surface area contributed by atoms with Gasteiger partial charge in [0.05, 0.1) is 5.52 Å². The molecule has 1 aromatic carbocycles. The summed E-state index contributed by atoms with van der Waals surface area (Å²) in [7, 11) is 0. The summed E-state index contributed by atoms with van der Waals surface area (Å²) in [5, 5.41) is 4.67. The van der Waals surface area contributed by atoms with Gasteiger partial charge < -0.3 is 10.2 Å². The van der Waals surface area contributed by atoms with Crippen LogP contribution in [0.5, 0.6) is 0 Å². The highest BCUT2D eigenvalue weighted by atomic mass is 15.3. The molecule has 0 saturated carbocycles. The van der Waals surface area contributed by atoms with Gasteiger partial charge in [-0.2, -0.15) is 0 Å². The van der Waals surface area contributed by atoms with E-state index in [1.165, 1.54) is 12.8 Å². The number of hydrogen-bond acceptors (Lipinski definition) is 4. The van der Waals surface area contributed by atoms with Crippen LogP contribution < -0.4 is 10.2 Å². The van der Waals surface area contributed by atoms with Crippen molar-refractivity contribution in [2.45, 2.75) is 32.7 Å². The third-order valence-electron chi connectivity index (χ3n) is 4.04. The van der Waals surface area contributed by atoms with E-state index in [-0.39, 0.29) is 0 Å². The highest BCUT2D eigenvalue weighted by Crippen LogP contribution is 2.23. The van der Waals surface area contributed by atoms with Crippen LogP contribution in [-0.2, 0) is 0 Å². The lowest BCUT2D eigenvalue weighted by Gasteiger charge is -2.25. The lowest BCUT2D eigenvalue weighted by molar-refractivity contribution is 0.510. The fraction of sp³-hybridized carbons (Fsp3) is 0.529. The SMILES string of the molecule is CC(C)CNCC1CCCN1c1ncc2ccccc2n1. The molecule has 112 valence electrons. The van der Waals surface area contributed by atoms with Gasteiger partial charge in [-0.05, 0) is 31.4 Å². The van der Waals surface area contributed by atoms with E-state index in [2.05, 4.69) is 41.2 Å². The first-order valence-electron chi connectivity index (χ1n) is 7.93. The van der Waals surface area contributed by atoms with E-state index in [1.807, 2.05) is 18.3 Å². The summed E-state index contributed by atoms with van der Waals surface area (Å²) in [5.41, 5.74) is 1.03. The predicted octanol–water partition coefficient (Wildman–Crippen LogP) is 2.84. The fourth-order valence-corrected chi connectivity index (χ4v) is 2.95. The maximum Gasteiger partial charge on any atom is 0.226 e. The van der Waals surface area contributed by atoms with Gasteiger partial charge in [-0.1, -0.05) is 32.0 Å². The second kappa shape index (κ2) is 6.39. The maximum atomic E-state index is 4.74. The van der Waals surface area contributed by atoms with E-state index >= 15 is 0 Å². The minimum atomic E-state index is 0.518. The Morgan fingerprint density at radius 1 is 1.33 bits per heavy atom. The van der Waals surface area contributed by atoms with Crippen LogP contribution in [0.3, 0.4) is 0 Å². The lowest BCUT2D eigenvalue weighted by atomic mass is 10.2. The molecule has 1 aliphatic heterocycles. The molecule has 1 N–H and O–H groups in total. The second-order valence-corrected chi connectivity index (χ2v) is 6.27. The molecule has 4 nitrogen and oxygen atoms in total. The number of anilines is 1. The zero-order chi connectivity index (χ0) is 14.7. The molecule has 0 aliphatic carbocycles. The van der Waals surface area contributed by atoms with Crippen molar-refractivity contribution in [3.05, 3.63) is 30.5 Å². The fourth-order valence-electron chi connectivity index (χ4n) is 2.95. The van der Waals surface area contributed by atoms with E-state index in [0.717, 1.165) is 36.5 Å². The molecule has 1 unspecified atom stereocenters. The predicted molar refractivity (Wildman–Crippen MR) is 87.6 cm³/mol. The van der Waals surface area contributed by atoms with Crippen molar-refractivity contribution in [1.82, 2.24) is 15.3 Å². The first kappa shape index (κ1) is 14.3. The van der Waals surface area contributed by atoms with Crippen LogP contribution in [0.1, 0.15) is 26.7 Å². The summed E-state index contributed by atoms with van der Waals surface area (Å²) in [5.74, 6) is 1.57. The molecule has 1 aromatic heterocycles. The second-order valence-electron chi connectivity index (χ2n) is 6.27. The molecule has 0 radical (unpaired) electrons. The van der Waals surface area contributed by atoms with Crippen molar-refractivity contribution in [1.29, 1.82) is 0 Å². The maximum absolute atomic E-state index is 4.74. The molecular weight excluding hydrogens is 260 g/mol. The third-order valence-corrected chi connectivity index (χ3v) is 4.04. The van der Waals surface area contributed by atoms with Crippen molar-refractivity contribution >= 4 is 16.9 Å². The summed E-state index contributed by atoms with van der Waals surface area (Å²) in [4.78, 5) is 11.7. The Morgan fingerprint density at radius 2 is 2.19 bits per heavy atom. The van der Waals surface area contributed by atoms with Crippen molar-refractivity contribution in [3.8, 4) is 0 Å². The van der Waals surface area contributed by atoms with Crippen LogP contribution in [0.15, 0.2) is 30.5 Å². The van der Waals surface area contributed by atoms with Crippen molar-refractivity contribution in [3.63, 3.8) is 0 Å². The zero-order valence-corrected chi connectivity index (χ0v) is 12.9. The minimum absolute atomic E-state index is 0.518. The zero-order valence-electron chi connectivity index (χ0n) is 12.9. The largest absolute Gasteiger partial charge is 0.337 e. The summed E-state index contributed by atoms with van der Waals surface area (Å²) in [6, 6.07) is 8.70.